The van der Waals surface area contributed by atoms with Crippen LogP contribution in [0, 0.1) is 13.8 Å². The van der Waals surface area contributed by atoms with E-state index in [9.17, 15) is 4.79 Å². The van der Waals surface area contributed by atoms with Gasteiger partial charge < -0.3 is 10.5 Å². The number of nitrogens with two attached hydrogens (primary N) is 1. The first-order chi connectivity index (χ1) is 7.02. The highest BCUT2D eigenvalue weighted by Gasteiger charge is 2.16. The summed E-state index contributed by atoms with van der Waals surface area (Å²) < 4.78 is 6.00. The molecule has 0 bridgehead atoms. The van der Waals surface area contributed by atoms with Crippen molar-refractivity contribution >= 4 is 21.7 Å². The predicted molar refractivity (Wildman–Crippen MR) is 63.6 cm³/mol. The van der Waals surface area contributed by atoms with Crippen LogP contribution in [0.1, 0.15) is 21.5 Å². The molecule has 0 atom stereocenters. The number of aryl methyl sites for hydroxylation is 1. The van der Waals surface area contributed by atoms with Crippen LogP contribution in [-0.4, -0.2) is 19.4 Å². The zero-order valence-corrected chi connectivity index (χ0v) is 10.6. The van der Waals surface area contributed by atoms with Gasteiger partial charge in [0.25, 0.3) is 0 Å². The standard InChI is InChI=1S/C11H14BrNO2/c1-6-4-9(15-3)11(12)7(2)10(6)8(14)5-13/h4H,5,13H2,1-3H3. The summed E-state index contributed by atoms with van der Waals surface area (Å²) in [7, 11) is 1.60. The van der Waals surface area contributed by atoms with Gasteiger partial charge in [0, 0.05) is 5.56 Å². The number of Topliss-reactive ketones (excluding diaryl/α,β-unsaturated/α-hetero) is 1. The van der Waals surface area contributed by atoms with Crippen molar-refractivity contribution in [3.05, 3.63) is 27.2 Å². The number of carbonyl (C=O) groups excluding carboxylic acids is 1. The third-order valence-electron chi connectivity index (χ3n) is 2.35. The lowest BCUT2D eigenvalue weighted by Crippen LogP contribution is -2.16. The van der Waals surface area contributed by atoms with E-state index in [1.807, 2.05) is 19.9 Å². The first-order valence-electron chi connectivity index (χ1n) is 4.59. The van der Waals surface area contributed by atoms with E-state index < -0.39 is 0 Å². The molecule has 0 aliphatic heterocycles. The van der Waals surface area contributed by atoms with Crippen LogP contribution in [0.2, 0.25) is 0 Å². The van der Waals surface area contributed by atoms with E-state index in [0.717, 1.165) is 21.3 Å². The van der Waals surface area contributed by atoms with Crippen LogP contribution >= 0.6 is 15.9 Å². The number of ether oxygens (including phenoxy) is 1. The van der Waals surface area contributed by atoms with Crippen molar-refractivity contribution in [1.29, 1.82) is 0 Å². The smallest absolute Gasteiger partial charge is 0.176 e. The first-order valence-corrected chi connectivity index (χ1v) is 5.39. The quantitative estimate of drug-likeness (QED) is 0.858. The Bertz CT molecular complexity index is 402. The Morgan fingerprint density at radius 2 is 2.13 bits per heavy atom. The van der Waals surface area contributed by atoms with E-state index in [2.05, 4.69) is 15.9 Å². The molecule has 0 spiro atoms. The van der Waals surface area contributed by atoms with E-state index >= 15 is 0 Å². The van der Waals surface area contributed by atoms with E-state index in [-0.39, 0.29) is 12.3 Å². The Morgan fingerprint density at radius 1 is 1.53 bits per heavy atom. The topological polar surface area (TPSA) is 52.3 Å². The lowest BCUT2D eigenvalue weighted by molar-refractivity contribution is 0.1000. The average molecular weight is 272 g/mol. The monoisotopic (exact) mass is 271 g/mol. The molecule has 0 saturated carbocycles. The van der Waals surface area contributed by atoms with Crippen molar-refractivity contribution in [3.8, 4) is 5.75 Å². The van der Waals surface area contributed by atoms with Gasteiger partial charge in [-0.3, -0.25) is 4.79 Å². The van der Waals surface area contributed by atoms with Crippen LogP contribution in [0.15, 0.2) is 10.5 Å². The van der Waals surface area contributed by atoms with Crippen molar-refractivity contribution in [2.45, 2.75) is 13.8 Å². The lowest BCUT2D eigenvalue weighted by atomic mass is 9.98. The van der Waals surface area contributed by atoms with Crippen molar-refractivity contribution in [2.24, 2.45) is 5.73 Å². The van der Waals surface area contributed by atoms with E-state index in [1.54, 1.807) is 7.11 Å². The maximum Gasteiger partial charge on any atom is 0.176 e. The third-order valence-corrected chi connectivity index (χ3v) is 3.33. The van der Waals surface area contributed by atoms with Gasteiger partial charge in [-0.05, 0) is 47.0 Å². The minimum Gasteiger partial charge on any atom is -0.496 e. The fraction of sp³-hybridized carbons (Fsp3) is 0.364. The molecular weight excluding hydrogens is 258 g/mol. The molecule has 0 heterocycles. The molecular formula is C11H14BrNO2. The largest absolute Gasteiger partial charge is 0.496 e. The van der Waals surface area contributed by atoms with E-state index in [0.29, 0.717) is 5.56 Å². The van der Waals surface area contributed by atoms with Crippen molar-refractivity contribution in [3.63, 3.8) is 0 Å². The molecule has 1 rings (SSSR count). The maximum absolute atomic E-state index is 11.6. The van der Waals surface area contributed by atoms with Gasteiger partial charge in [0.05, 0.1) is 18.1 Å². The number of benzene rings is 1. The summed E-state index contributed by atoms with van der Waals surface area (Å²) in [5.41, 5.74) is 7.82. The zero-order chi connectivity index (χ0) is 11.6. The molecule has 0 aliphatic rings. The molecule has 1 aromatic rings. The molecule has 0 radical (unpaired) electrons. The Balaban J connectivity index is 3.42. The molecule has 2 N–H and O–H groups in total. The van der Waals surface area contributed by atoms with Gasteiger partial charge in [-0.25, -0.2) is 0 Å². The summed E-state index contributed by atoms with van der Waals surface area (Å²) in [6, 6.07) is 1.83. The highest BCUT2D eigenvalue weighted by atomic mass is 79.9. The molecule has 0 fully saturated rings. The lowest BCUT2D eigenvalue weighted by Gasteiger charge is -2.13. The van der Waals surface area contributed by atoms with Gasteiger partial charge in [-0.1, -0.05) is 0 Å². The normalized spacial score (nSPS) is 10.2. The number of rotatable bonds is 3. The molecule has 3 nitrogen and oxygen atoms in total. The highest BCUT2D eigenvalue weighted by Crippen LogP contribution is 2.32. The predicted octanol–water partition coefficient (Wildman–Crippen LogP) is 2.22. The molecule has 0 unspecified atom stereocenters. The number of methoxy groups -OCH3 is 1. The summed E-state index contributed by atoms with van der Waals surface area (Å²) in [5.74, 6) is 0.687. The van der Waals surface area contributed by atoms with Crippen LogP contribution in [0.25, 0.3) is 0 Å². The van der Waals surface area contributed by atoms with Crippen LogP contribution in [-0.2, 0) is 0 Å². The van der Waals surface area contributed by atoms with Crippen LogP contribution in [0.3, 0.4) is 0 Å². The number of carbonyl (C=O) groups is 1. The number of hydrogen-bond acceptors (Lipinski definition) is 3. The van der Waals surface area contributed by atoms with Gasteiger partial charge in [-0.2, -0.15) is 0 Å². The van der Waals surface area contributed by atoms with Crippen LogP contribution in [0.5, 0.6) is 5.75 Å². The second kappa shape index (κ2) is 4.77. The molecule has 0 saturated heterocycles. The highest BCUT2D eigenvalue weighted by molar-refractivity contribution is 9.10. The van der Waals surface area contributed by atoms with Crippen molar-refractivity contribution < 1.29 is 9.53 Å². The molecule has 4 heteroatoms. The Hall–Kier alpha value is -0.870. The minimum atomic E-state index is -0.0478. The Morgan fingerprint density at radius 3 is 2.60 bits per heavy atom. The van der Waals surface area contributed by atoms with E-state index in [4.69, 9.17) is 10.5 Å². The maximum atomic E-state index is 11.6. The SMILES string of the molecule is COc1cc(C)c(C(=O)CN)c(C)c1Br. The summed E-state index contributed by atoms with van der Waals surface area (Å²) in [6.45, 7) is 3.79. The summed E-state index contributed by atoms with van der Waals surface area (Å²) in [4.78, 5) is 11.6. The summed E-state index contributed by atoms with van der Waals surface area (Å²) in [6.07, 6.45) is 0. The number of hydrogen-bond donors (Lipinski definition) is 1. The fourth-order valence-electron chi connectivity index (χ4n) is 1.60. The Kier molecular flexibility index (Phi) is 3.88. The van der Waals surface area contributed by atoms with Crippen LogP contribution in [0.4, 0.5) is 0 Å². The second-order valence-corrected chi connectivity index (χ2v) is 4.13. The third kappa shape index (κ3) is 2.21. The van der Waals surface area contributed by atoms with Gasteiger partial charge in [0.15, 0.2) is 5.78 Å². The Labute approximate surface area is 97.7 Å². The summed E-state index contributed by atoms with van der Waals surface area (Å²) >= 11 is 3.40. The second-order valence-electron chi connectivity index (χ2n) is 3.34. The number of ketones is 1. The number of halogens is 1. The summed E-state index contributed by atoms with van der Waals surface area (Å²) in [5, 5.41) is 0. The first kappa shape index (κ1) is 12.2. The van der Waals surface area contributed by atoms with E-state index in [1.165, 1.54) is 0 Å². The van der Waals surface area contributed by atoms with Crippen LogP contribution < -0.4 is 10.5 Å². The van der Waals surface area contributed by atoms with Gasteiger partial charge in [0.1, 0.15) is 5.75 Å². The molecule has 1 aromatic carbocycles. The molecule has 0 aromatic heterocycles. The molecule has 82 valence electrons. The fourth-order valence-corrected chi connectivity index (χ4v) is 2.08. The average Bonchev–Trinajstić information content (AvgIpc) is 2.23. The van der Waals surface area contributed by atoms with Gasteiger partial charge in [0.2, 0.25) is 0 Å². The van der Waals surface area contributed by atoms with Crippen molar-refractivity contribution in [2.75, 3.05) is 13.7 Å². The van der Waals surface area contributed by atoms with Gasteiger partial charge in [-0.15, -0.1) is 0 Å². The molecule has 15 heavy (non-hydrogen) atoms. The van der Waals surface area contributed by atoms with Crippen molar-refractivity contribution in [1.82, 2.24) is 0 Å². The zero-order valence-electron chi connectivity index (χ0n) is 9.06. The minimum absolute atomic E-state index is 0.0282. The molecule has 0 amide bonds. The molecule has 0 aliphatic carbocycles. The van der Waals surface area contributed by atoms with Gasteiger partial charge >= 0.3 is 0 Å².